The fourth-order valence-electron chi connectivity index (χ4n) is 1.55. The molecule has 0 aliphatic carbocycles. The Bertz CT molecular complexity index is 539. The van der Waals surface area contributed by atoms with Crippen molar-refractivity contribution in [2.24, 2.45) is 5.73 Å². The fraction of sp³-hybridized carbons (Fsp3) is 0.167. The second-order valence-corrected chi connectivity index (χ2v) is 3.85. The van der Waals surface area contributed by atoms with Crippen LogP contribution in [0.15, 0.2) is 42.7 Å². The number of primary amides is 1. The lowest BCUT2D eigenvalue weighted by atomic mass is 10.1. The lowest BCUT2D eigenvalue weighted by Crippen LogP contribution is -2.33. The molecule has 0 aliphatic rings. The highest BCUT2D eigenvalue weighted by molar-refractivity contribution is 5.79. The van der Waals surface area contributed by atoms with E-state index in [9.17, 15) is 15.0 Å². The Balaban J connectivity index is 2.23. The van der Waals surface area contributed by atoms with Crippen LogP contribution in [0.5, 0.6) is 0 Å². The number of benzene rings is 1. The summed E-state index contributed by atoms with van der Waals surface area (Å²) < 4.78 is 1.53. The first kappa shape index (κ1) is 12.3. The van der Waals surface area contributed by atoms with Crippen LogP contribution in [0.25, 0.3) is 5.69 Å². The molecule has 6 nitrogen and oxygen atoms in total. The molecule has 1 heterocycles. The average molecular weight is 247 g/mol. The minimum Gasteiger partial charge on any atom is -0.385 e. The van der Waals surface area contributed by atoms with E-state index in [2.05, 4.69) is 5.10 Å². The van der Waals surface area contributed by atoms with E-state index in [1.807, 2.05) is 30.3 Å². The number of amides is 1. The van der Waals surface area contributed by atoms with Gasteiger partial charge in [0.25, 0.3) is 0 Å². The zero-order valence-electron chi connectivity index (χ0n) is 9.47. The van der Waals surface area contributed by atoms with Crippen LogP contribution in [0.1, 0.15) is 11.7 Å². The molecular weight excluding hydrogens is 234 g/mol. The number of nitrogens with zero attached hydrogens (tertiary/aromatic N) is 2. The van der Waals surface area contributed by atoms with Crippen molar-refractivity contribution in [1.82, 2.24) is 9.78 Å². The van der Waals surface area contributed by atoms with Gasteiger partial charge in [0, 0.05) is 11.8 Å². The summed E-state index contributed by atoms with van der Waals surface area (Å²) in [6, 6.07) is 9.26. The van der Waals surface area contributed by atoms with Gasteiger partial charge in [-0.3, -0.25) is 4.79 Å². The monoisotopic (exact) mass is 247 g/mol. The zero-order valence-corrected chi connectivity index (χ0v) is 9.47. The van der Waals surface area contributed by atoms with Crippen molar-refractivity contribution in [1.29, 1.82) is 0 Å². The van der Waals surface area contributed by atoms with Crippen LogP contribution in [0.3, 0.4) is 0 Å². The minimum atomic E-state index is -1.64. The molecule has 1 aromatic heterocycles. The van der Waals surface area contributed by atoms with E-state index in [1.165, 1.54) is 17.1 Å². The van der Waals surface area contributed by atoms with Gasteiger partial charge in [-0.05, 0) is 12.1 Å². The topological polar surface area (TPSA) is 101 Å². The van der Waals surface area contributed by atoms with Crippen LogP contribution >= 0.6 is 0 Å². The first-order valence-electron chi connectivity index (χ1n) is 5.35. The van der Waals surface area contributed by atoms with Crippen LogP contribution in [0.4, 0.5) is 0 Å². The fourth-order valence-corrected chi connectivity index (χ4v) is 1.55. The summed E-state index contributed by atoms with van der Waals surface area (Å²) in [7, 11) is 0. The third-order valence-corrected chi connectivity index (χ3v) is 2.56. The molecule has 94 valence electrons. The molecule has 2 atom stereocenters. The van der Waals surface area contributed by atoms with Crippen LogP contribution in [0, 0.1) is 0 Å². The quantitative estimate of drug-likeness (QED) is 0.693. The summed E-state index contributed by atoms with van der Waals surface area (Å²) >= 11 is 0. The Kier molecular flexibility index (Phi) is 3.40. The van der Waals surface area contributed by atoms with Gasteiger partial charge in [-0.25, -0.2) is 4.68 Å². The standard InChI is InChI=1S/C12H13N3O3/c13-12(18)11(17)10(16)8-6-14-15(7-8)9-4-2-1-3-5-9/h1-7,10-11,16-17H,(H2,13,18). The Morgan fingerprint density at radius 1 is 1.28 bits per heavy atom. The van der Waals surface area contributed by atoms with E-state index < -0.39 is 18.1 Å². The Hall–Kier alpha value is -2.18. The number of para-hydroxylation sites is 1. The van der Waals surface area contributed by atoms with Crippen molar-refractivity contribution in [2.45, 2.75) is 12.2 Å². The predicted molar refractivity (Wildman–Crippen MR) is 63.7 cm³/mol. The molecule has 2 rings (SSSR count). The highest BCUT2D eigenvalue weighted by Crippen LogP contribution is 2.17. The predicted octanol–water partition coefficient (Wildman–Crippen LogP) is -0.248. The number of aliphatic hydroxyl groups is 2. The number of hydrogen-bond donors (Lipinski definition) is 3. The lowest BCUT2D eigenvalue weighted by molar-refractivity contribution is -0.131. The largest absolute Gasteiger partial charge is 0.385 e. The summed E-state index contributed by atoms with van der Waals surface area (Å²) in [6.45, 7) is 0. The molecule has 1 aromatic carbocycles. The smallest absolute Gasteiger partial charge is 0.249 e. The van der Waals surface area contributed by atoms with Crippen molar-refractivity contribution in [3.05, 3.63) is 48.3 Å². The first-order chi connectivity index (χ1) is 8.59. The highest BCUT2D eigenvalue weighted by atomic mass is 16.3. The van der Waals surface area contributed by atoms with E-state index in [-0.39, 0.29) is 0 Å². The molecule has 0 radical (unpaired) electrons. The molecule has 2 unspecified atom stereocenters. The first-order valence-corrected chi connectivity index (χ1v) is 5.35. The van der Waals surface area contributed by atoms with Crippen molar-refractivity contribution in [3.8, 4) is 5.69 Å². The van der Waals surface area contributed by atoms with Crippen LogP contribution in [-0.2, 0) is 4.79 Å². The van der Waals surface area contributed by atoms with Crippen LogP contribution in [0.2, 0.25) is 0 Å². The number of carbonyl (C=O) groups excluding carboxylic acids is 1. The highest BCUT2D eigenvalue weighted by Gasteiger charge is 2.24. The third kappa shape index (κ3) is 2.39. The summed E-state index contributed by atoms with van der Waals surface area (Å²) in [4.78, 5) is 10.8. The molecular formula is C12H13N3O3. The van der Waals surface area contributed by atoms with E-state index in [1.54, 1.807) is 0 Å². The van der Waals surface area contributed by atoms with Crippen molar-refractivity contribution >= 4 is 5.91 Å². The molecule has 4 N–H and O–H groups in total. The molecule has 0 saturated heterocycles. The molecule has 1 amide bonds. The molecule has 0 saturated carbocycles. The van der Waals surface area contributed by atoms with Gasteiger partial charge >= 0.3 is 0 Å². The molecule has 2 aromatic rings. The average Bonchev–Trinajstić information content (AvgIpc) is 2.87. The maximum atomic E-state index is 10.8. The molecule has 0 spiro atoms. The SMILES string of the molecule is NC(=O)C(O)C(O)c1cnn(-c2ccccc2)c1. The second kappa shape index (κ2) is 4.99. The number of aliphatic hydroxyl groups excluding tert-OH is 2. The Morgan fingerprint density at radius 3 is 2.56 bits per heavy atom. The van der Waals surface area contributed by atoms with Gasteiger partial charge < -0.3 is 15.9 Å². The van der Waals surface area contributed by atoms with Gasteiger partial charge in [-0.15, -0.1) is 0 Å². The number of carbonyl (C=O) groups is 1. The second-order valence-electron chi connectivity index (χ2n) is 3.85. The number of aromatic nitrogens is 2. The van der Waals surface area contributed by atoms with Gasteiger partial charge in [0.2, 0.25) is 5.91 Å². The van der Waals surface area contributed by atoms with Gasteiger partial charge in [0.1, 0.15) is 6.10 Å². The maximum absolute atomic E-state index is 10.8. The van der Waals surface area contributed by atoms with Crippen molar-refractivity contribution < 1.29 is 15.0 Å². The molecule has 0 aliphatic heterocycles. The lowest BCUT2D eigenvalue weighted by Gasteiger charge is -2.12. The molecule has 18 heavy (non-hydrogen) atoms. The van der Waals surface area contributed by atoms with Crippen molar-refractivity contribution in [2.75, 3.05) is 0 Å². The number of nitrogens with two attached hydrogens (primary N) is 1. The van der Waals surface area contributed by atoms with E-state index in [0.717, 1.165) is 5.69 Å². The number of rotatable bonds is 4. The van der Waals surface area contributed by atoms with Crippen molar-refractivity contribution in [3.63, 3.8) is 0 Å². The van der Waals surface area contributed by atoms with E-state index in [0.29, 0.717) is 5.56 Å². The zero-order chi connectivity index (χ0) is 13.1. The maximum Gasteiger partial charge on any atom is 0.249 e. The summed E-state index contributed by atoms with van der Waals surface area (Å²) in [5.74, 6) is -0.977. The van der Waals surface area contributed by atoms with Gasteiger partial charge in [0.05, 0.1) is 11.9 Å². The Labute approximate surface area is 103 Å². The Morgan fingerprint density at radius 2 is 1.94 bits per heavy atom. The van der Waals surface area contributed by atoms with E-state index in [4.69, 9.17) is 5.73 Å². The normalized spacial score (nSPS) is 14.1. The van der Waals surface area contributed by atoms with E-state index >= 15 is 0 Å². The van der Waals surface area contributed by atoms with Gasteiger partial charge in [0.15, 0.2) is 6.10 Å². The summed E-state index contributed by atoms with van der Waals surface area (Å²) in [5.41, 5.74) is 6.05. The van der Waals surface area contributed by atoms with Gasteiger partial charge in [-0.1, -0.05) is 18.2 Å². The third-order valence-electron chi connectivity index (χ3n) is 2.56. The molecule has 0 fully saturated rings. The van der Waals surface area contributed by atoms with Gasteiger partial charge in [-0.2, -0.15) is 5.10 Å². The summed E-state index contributed by atoms with van der Waals surface area (Å²) in [6.07, 6.45) is -0.103. The minimum absolute atomic E-state index is 0.324. The molecule has 0 bridgehead atoms. The number of hydrogen-bond acceptors (Lipinski definition) is 4. The van der Waals surface area contributed by atoms with Crippen LogP contribution < -0.4 is 5.73 Å². The molecule has 6 heteroatoms. The van der Waals surface area contributed by atoms with Crippen LogP contribution in [-0.4, -0.2) is 32.0 Å². The summed E-state index contributed by atoms with van der Waals surface area (Å²) in [5, 5.41) is 23.1.